The van der Waals surface area contributed by atoms with Crippen LogP contribution in [0, 0.1) is 0 Å². The smallest absolute Gasteiger partial charge is 0.277 e. The summed E-state index contributed by atoms with van der Waals surface area (Å²) in [6.45, 7) is 0.363. The second-order valence-corrected chi connectivity index (χ2v) is 7.17. The summed E-state index contributed by atoms with van der Waals surface area (Å²) in [5.74, 6) is 0.924. The van der Waals surface area contributed by atoms with Crippen molar-refractivity contribution in [3.63, 3.8) is 0 Å². The lowest BCUT2D eigenvalue weighted by atomic mass is 10.2. The summed E-state index contributed by atoms with van der Waals surface area (Å²) in [5, 5.41) is 12.4. The van der Waals surface area contributed by atoms with Gasteiger partial charge < -0.3 is 10.1 Å². The van der Waals surface area contributed by atoms with E-state index in [1.165, 1.54) is 0 Å². The SMILES string of the molecule is COc1ccc(-n2ccc(C(=O)Nc3ccnn3Cc3cccc(Cl)c3Cl)n2)cc1. The molecule has 7 nitrogen and oxygen atoms in total. The van der Waals surface area contributed by atoms with E-state index in [1.54, 1.807) is 47.1 Å². The molecule has 0 radical (unpaired) electrons. The van der Waals surface area contributed by atoms with Gasteiger partial charge in [-0.2, -0.15) is 10.2 Å². The first-order valence-electron chi connectivity index (χ1n) is 9.01. The normalized spacial score (nSPS) is 10.8. The molecule has 0 saturated heterocycles. The second-order valence-electron chi connectivity index (χ2n) is 6.38. The van der Waals surface area contributed by atoms with E-state index in [0.717, 1.165) is 17.0 Å². The van der Waals surface area contributed by atoms with Gasteiger partial charge in [-0.25, -0.2) is 9.36 Å². The molecule has 0 fully saturated rings. The van der Waals surface area contributed by atoms with E-state index in [2.05, 4.69) is 15.5 Å². The fourth-order valence-corrected chi connectivity index (χ4v) is 3.28. The Morgan fingerprint density at radius 3 is 2.67 bits per heavy atom. The van der Waals surface area contributed by atoms with Gasteiger partial charge in [-0.1, -0.05) is 35.3 Å². The van der Waals surface area contributed by atoms with Gasteiger partial charge in [-0.3, -0.25) is 4.79 Å². The molecule has 2 aromatic carbocycles. The van der Waals surface area contributed by atoms with E-state index in [0.29, 0.717) is 22.4 Å². The van der Waals surface area contributed by atoms with Crippen molar-refractivity contribution in [1.29, 1.82) is 0 Å². The minimum absolute atomic E-state index is 0.277. The van der Waals surface area contributed by atoms with Crippen LogP contribution in [0.2, 0.25) is 10.0 Å². The molecular formula is C21H17Cl2N5O2. The zero-order chi connectivity index (χ0) is 21.1. The molecule has 0 atom stereocenters. The van der Waals surface area contributed by atoms with E-state index >= 15 is 0 Å². The molecular weight excluding hydrogens is 425 g/mol. The Hall–Kier alpha value is -3.29. The quantitative estimate of drug-likeness (QED) is 0.471. The van der Waals surface area contributed by atoms with Crippen LogP contribution in [-0.2, 0) is 6.54 Å². The molecule has 2 heterocycles. The first-order valence-corrected chi connectivity index (χ1v) is 9.77. The molecule has 4 rings (SSSR count). The molecule has 0 spiro atoms. The van der Waals surface area contributed by atoms with Crippen molar-refractivity contribution in [2.75, 3.05) is 12.4 Å². The Kier molecular flexibility index (Phi) is 5.74. The maximum atomic E-state index is 12.7. The molecule has 2 aromatic heterocycles. The van der Waals surface area contributed by atoms with Crippen molar-refractivity contribution >= 4 is 34.9 Å². The van der Waals surface area contributed by atoms with Crippen LogP contribution in [0.15, 0.2) is 67.0 Å². The maximum Gasteiger partial charge on any atom is 0.277 e. The molecule has 0 bridgehead atoms. The number of aromatic nitrogens is 4. The number of carbonyl (C=O) groups is 1. The van der Waals surface area contributed by atoms with Gasteiger partial charge in [0.2, 0.25) is 0 Å². The Labute approximate surface area is 182 Å². The average Bonchev–Trinajstić information content (AvgIpc) is 3.41. The van der Waals surface area contributed by atoms with Crippen LogP contribution in [0.3, 0.4) is 0 Å². The monoisotopic (exact) mass is 441 g/mol. The van der Waals surface area contributed by atoms with Gasteiger partial charge >= 0.3 is 0 Å². The molecule has 1 amide bonds. The van der Waals surface area contributed by atoms with Crippen LogP contribution in [0.25, 0.3) is 5.69 Å². The Morgan fingerprint density at radius 1 is 1.10 bits per heavy atom. The fourth-order valence-electron chi connectivity index (χ4n) is 2.90. The molecule has 30 heavy (non-hydrogen) atoms. The van der Waals surface area contributed by atoms with Crippen molar-refractivity contribution in [2.24, 2.45) is 0 Å². The molecule has 9 heteroatoms. The molecule has 0 aliphatic heterocycles. The lowest BCUT2D eigenvalue weighted by Crippen LogP contribution is -2.17. The van der Waals surface area contributed by atoms with Crippen molar-refractivity contribution in [3.05, 3.63) is 88.3 Å². The highest BCUT2D eigenvalue weighted by molar-refractivity contribution is 6.42. The van der Waals surface area contributed by atoms with Crippen LogP contribution in [-0.4, -0.2) is 32.6 Å². The number of benzene rings is 2. The number of hydrogen-bond donors (Lipinski definition) is 1. The second kappa shape index (κ2) is 8.61. The number of hydrogen-bond acceptors (Lipinski definition) is 4. The summed E-state index contributed by atoms with van der Waals surface area (Å²) in [6.07, 6.45) is 3.32. The van der Waals surface area contributed by atoms with Crippen LogP contribution in [0.4, 0.5) is 5.82 Å². The minimum Gasteiger partial charge on any atom is -0.497 e. The number of carbonyl (C=O) groups excluding carboxylic acids is 1. The number of methoxy groups -OCH3 is 1. The van der Waals surface area contributed by atoms with Gasteiger partial charge in [0.1, 0.15) is 11.6 Å². The number of amides is 1. The van der Waals surface area contributed by atoms with E-state index < -0.39 is 0 Å². The first kappa shape index (κ1) is 20.0. The summed E-state index contributed by atoms with van der Waals surface area (Å²) >= 11 is 12.3. The lowest BCUT2D eigenvalue weighted by molar-refractivity contribution is 0.102. The maximum absolute atomic E-state index is 12.7. The molecule has 0 unspecified atom stereocenters. The summed E-state index contributed by atoms with van der Waals surface area (Å²) in [4.78, 5) is 12.7. The van der Waals surface area contributed by atoms with E-state index in [1.807, 2.05) is 36.4 Å². The molecule has 4 aromatic rings. The Bertz CT molecular complexity index is 1180. The number of halogens is 2. The molecule has 0 aliphatic rings. The van der Waals surface area contributed by atoms with Crippen LogP contribution >= 0.6 is 23.2 Å². The van der Waals surface area contributed by atoms with E-state index in [4.69, 9.17) is 27.9 Å². The standard InChI is InChI=1S/C21H17Cl2N5O2/c1-30-16-7-5-15(6-8-16)27-12-10-18(26-27)21(29)25-19-9-11-24-28(19)13-14-3-2-4-17(22)20(14)23/h2-12H,13H2,1H3,(H,25,29). The first-order chi connectivity index (χ1) is 14.5. The number of anilines is 1. The Morgan fingerprint density at radius 2 is 1.90 bits per heavy atom. The average molecular weight is 442 g/mol. The third-order valence-corrected chi connectivity index (χ3v) is 5.33. The highest BCUT2D eigenvalue weighted by atomic mass is 35.5. The number of ether oxygens (including phenoxy) is 1. The molecule has 0 saturated carbocycles. The lowest BCUT2D eigenvalue weighted by Gasteiger charge is -2.10. The minimum atomic E-state index is -0.346. The predicted octanol–water partition coefficient (Wildman–Crippen LogP) is 4.68. The highest BCUT2D eigenvalue weighted by Crippen LogP contribution is 2.26. The predicted molar refractivity (Wildman–Crippen MR) is 116 cm³/mol. The molecule has 0 aliphatic carbocycles. The topological polar surface area (TPSA) is 74.0 Å². The number of rotatable bonds is 6. The summed E-state index contributed by atoms with van der Waals surface area (Å²) in [7, 11) is 1.61. The van der Waals surface area contributed by atoms with Gasteiger partial charge in [0.25, 0.3) is 5.91 Å². The van der Waals surface area contributed by atoms with Crippen LogP contribution in [0.5, 0.6) is 5.75 Å². The summed E-state index contributed by atoms with van der Waals surface area (Å²) in [5.41, 5.74) is 1.89. The van der Waals surface area contributed by atoms with E-state index in [-0.39, 0.29) is 11.6 Å². The van der Waals surface area contributed by atoms with Gasteiger partial charge in [-0.05, 0) is 42.0 Å². The highest BCUT2D eigenvalue weighted by Gasteiger charge is 2.14. The van der Waals surface area contributed by atoms with Crippen molar-refractivity contribution in [2.45, 2.75) is 6.54 Å². The molecule has 1 N–H and O–H groups in total. The number of nitrogens with zero attached hydrogens (tertiary/aromatic N) is 4. The van der Waals surface area contributed by atoms with Crippen LogP contribution in [0.1, 0.15) is 16.1 Å². The largest absolute Gasteiger partial charge is 0.497 e. The van der Waals surface area contributed by atoms with Gasteiger partial charge in [0.15, 0.2) is 5.69 Å². The van der Waals surface area contributed by atoms with Gasteiger partial charge in [0, 0.05) is 12.3 Å². The zero-order valence-corrected chi connectivity index (χ0v) is 17.4. The van der Waals surface area contributed by atoms with Crippen LogP contribution < -0.4 is 10.1 Å². The van der Waals surface area contributed by atoms with Crippen molar-refractivity contribution in [1.82, 2.24) is 19.6 Å². The summed E-state index contributed by atoms with van der Waals surface area (Å²) in [6, 6.07) is 16.1. The van der Waals surface area contributed by atoms with Crippen molar-refractivity contribution < 1.29 is 9.53 Å². The molecule has 152 valence electrons. The summed E-state index contributed by atoms with van der Waals surface area (Å²) < 4.78 is 8.41. The van der Waals surface area contributed by atoms with E-state index in [9.17, 15) is 4.79 Å². The zero-order valence-electron chi connectivity index (χ0n) is 15.9. The Balaban J connectivity index is 1.49. The van der Waals surface area contributed by atoms with Gasteiger partial charge in [-0.15, -0.1) is 0 Å². The third kappa shape index (κ3) is 4.17. The third-order valence-electron chi connectivity index (χ3n) is 4.47. The number of nitrogens with one attached hydrogen (secondary N) is 1. The van der Waals surface area contributed by atoms with Crippen molar-refractivity contribution in [3.8, 4) is 11.4 Å². The fraction of sp³-hybridized carbons (Fsp3) is 0.0952. The van der Waals surface area contributed by atoms with Gasteiger partial charge in [0.05, 0.1) is 35.6 Å².